The average Bonchev–Trinajstić information content (AvgIpc) is 2.67. The number of anilines is 1. The van der Waals surface area contributed by atoms with Gasteiger partial charge in [0.05, 0.1) is 11.3 Å². The first kappa shape index (κ1) is 18.0. The lowest BCUT2D eigenvalue weighted by Crippen LogP contribution is -2.24. The molecular weight excluding hydrogens is 360 g/mol. The molecular formula is C18H21ClN2O3S. The van der Waals surface area contributed by atoms with Crippen LogP contribution >= 0.6 is 11.6 Å². The van der Waals surface area contributed by atoms with Gasteiger partial charge in [0.15, 0.2) is 0 Å². The topological polar surface area (TPSA) is 69.6 Å². The van der Waals surface area contributed by atoms with Crippen molar-refractivity contribution in [2.45, 2.75) is 12.3 Å². The zero-order valence-electron chi connectivity index (χ0n) is 14.2. The molecule has 0 fully saturated rings. The molecule has 134 valence electrons. The van der Waals surface area contributed by atoms with E-state index in [1.54, 1.807) is 18.2 Å². The van der Waals surface area contributed by atoms with Crippen LogP contribution in [0, 0.1) is 0 Å². The lowest BCUT2D eigenvalue weighted by Gasteiger charge is -2.22. The molecule has 0 saturated heterocycles. The normalized spacial score (nSPS) is 18.4. The minimum atomic E-state index is -3.29. The predicted octanol–water partition coefficient (Wildman–Crippen LogP) is 3.04. The molecule has 0 radical (unpaired) electrons. The standard InChI is InChI=1S/C18H21ClN2O3S/c1-21-8-7-13-9-17(19)18(22)10-15(13)16(11-21)12-3-5-14(6-4-12)20-25(2,23)24/h3-6,9-10,16,20,22H,7-8,11H2,1-2H3. The van der Waals surface area contributed by atoms with E-state index in [-0.39, 0.29) is 11.7 Å². The van der Waals surface area contributed by atoms with Crippen molar-refractivity contribution < 1.29 is 13.5 Å². The lowest BCUT2D eigenvalue weighted by atomic mass is 9.88. The monoisotopic (exact) mass is 380 g/mol. The Labute approximate surface area is 153 Å². The first-order valence-corrected chi connectivity index (χ1v) is 10.3. The number of nitrogens with zero attached hydrogens (tertiary/aromatic N) is 1. The third-order valence-electron chi connectivity index (χ3n) is 4.46. The van der Waals surface area contributed by atoms with Crippen molar-refractivity contribution in [3.8, 4) is 5.75 Å². The Hall–Kier alpha value is -1.76. The largest absolute Gasteiger partial charge is 0.506 e. The van der Waals surface area contributed by atoms with Gasteiger partial charge < -0.3 is 10.0 Å². The fourth-order valence-corrected chi connectivity index (χ4v) is 4.01. The van der Waals surface area contributed by atoms with E-state index < -0.39 is 10.0 Å². The molecule has 2 aromatic carbocycles. The smallest absolute Gasteiger partial charge is 0.229 e. The minimum Gasteiger partial charge on any atom is -0.506 e. The van der Waals surface area contributed by atoms with Crippen molar-refractivity contribution in [1.82, 2.24) is 4.90 Å². The summed E-state index contributed by atoms with van der Waals surface area (Å²) in [6, 6.07) is 11.0. The van der Waals surface area contributed by atoms with Crippen molar-refractivity contribution in [3.63, 3.8) is 0 Å². The van der Waals surface area contributed by atoms with Gasteiger partial charge in [-0.15, -0.1) is 0 Å². The second kappa shape index (κ2) is 6.86. The van der Waals surface area contributed by atoms with Gasteiger partial charge in [-0.1, -0.05) is 23.7 Å². The number of halogens is 1. The van der Waals surface area contributed by atoms with Crippen molar-refractivity contribution in [2.24, 2.45) is 0 Å². The van der Waals surface area contributed by atoms with Crippen LogP contribution in [-0.4, -0.2) is 44.8 Å². The minimum absolute atomic E-state index is 0.0814. The fourth-order valence-electron chi connectivity index (χ4n) is 3.26. The van der Waals surface area contributed by atoms with E-state index in [1.165, 1.54) is 0 Å². The number of hydrogen-bond donors (Lipinski definition) is 2. The Kier molecular flexibility index (Phi) is 4.95. The number of benzene rings is 2. The molecule has 0 aromatic heterocycles. The molecule has 2 aromatic rings. The van der Waals surface area contributed by atoms with Crippen LogP contribution < -0.4 is 4.72 Å². The molecule has 3 rings (SSSR count). The second-order valence-corrected chi connectivity index (χ2v) is 8.72. The molecule has 1 heterocycles. The SMILES string of the molecule is CN1CCc2cc(Cl)c(O)cc2C(c2ccc(NS(C)(=O)=O)cc2)C1. The van der Waals surface area contributed by atoms with Gasteiger partial charge >= 0.3 is 0 Å². The third-order valence-corrected chi connectivity index (χ3v) is 5.37. The zero-order chi connectivity index (χ0) is 18.2. The van der Waals surface area contributed by atoms with Crippen LogP contribution in [0.2, 0.25) is 5.02 Å². The van der Waals surface area contributed by atoms with E-state index in [9.17, 15) is 13.5 Å². The molecule has 1 aliphatic rings. The van der Waals surface area contributed by atoms with Gasteiger partial charge in [0.25, 0.3) is 0 Å². The van der Waals surface area contributed by atoms with E-state index >= 15 is 0 Å². The summed E-state index contributed by atoms with van der Waals surface area (Å²) >= 11 is 6.08. The Morgan fingerprint density at radius 3 is 2.56 bits per heavy atom. The molecule has 0 bridgehead atoms. The van der Waals surface area contributed by atoms with Gasteiger partial charge in [-0.05, 0) is 54.4 Å². The van der Waals surface area contributed by atoms with Crippen LogP contribution in [0.25, 0.3) is 0 Å². The molecule has 1 unspecified atom stereocenters. The summed E-state index contributed by atoms with van der Waals surface area (Å²) in [4.78, 5) is 2.25. The van der Waals surface area contributed by atoms with Crippen molar-refractivity contribution in [3.05, 3.63) is 58.1 Å². The van der Waals surface area contributed by atoms with Crippen molar-refractivity contribution in [2.75, 3.05) is 31.1 Å². The number of sulfonamides is 1. The molecule has 1 aliphatic heterocycles. The van der Waals surface area contributed by atoms with Gasteiger partial charge in [-0.25, -0.2) is 8.42 Å². The number of phenolic OH excluding ortho intramolecular Hbond substituents is 1. The molecule has 2 N–H and O–H groups in total. The van der Waals surface area contributed by atoms with Crippen LogP contribution in [0.5, 0.6) is 5.75 Å². The van der Waals surface area contributed by atoms with Crippen LogP contribution in [0.1, 0.15) is 22.6 Å². The van der Waals surface area contributed by atoms with Crippen LogP contribution in [0.3, 0.4) is 0 Å². The van der Waals surface area contributed by atoms with Crippen LogP contribution in [0.4, 0.5) is 5.69 Å². The molecule has 1 atom stereocenters. The fraction of sp³-hybridized carbons (Fsp3) is 0.333. The van der Waals surface area contributed by atoms with Crippen molar-refractivity contribution >= 4 is 27.3 Å². The molecule has 5 nitrogen and oxygen atoms in total. The van der Waals surface area contributed by atoms with Gasteiger partial charge in [0.2, 0.25) is 10.0 Å². The van der Waals surface area contributed by atoms with Gasteiger partial charge in [-0.2, -0.15) is 0 Å². The lowest BCUT2D eigenvalue weighted by molar-refractivity contribution is 0.338. The number of hydrogen-bond acceptors (Lipinski definition) is 4. The first-order chi connectivity index (χ1) is 11.7. The Morgan fingerprint density at radius 1 is 1.24 bits per heavy atom. The number of nitrogens with one attached hydrogen (secondary N) is 1. The maximum Gasteiger partial charge on any atom is 0.229 e. The van der Waals surface area contributed by atoms with Gasteiger partial charge in [-0.3, -0.25) is 4.72 Å². The first-order valence-electron chi connectivity index (χ1n) is 8.00. The summed E-state index contributed by atoms with van der Waals surface area (Å²) in [5, 5.41) is 10.4. The molecule has 0 amide bonds. The average molecular weight is 381 g/mol. The number of fused-ring (bicyclic) bond motifs is 1. The summed E-state index contributed by atoms with van der Waals surface area (Å²) in [7, 11) is -1.23. The Bertz CT molecular complexity index is 882. The number of likely N-dealkylation sites (N-methyl/N-ethyl adjacent to an activating group) is 1. The highest BCUT2D eigenvalue weighted by molar-refractivity contribution is 7.92. The van der Waals surface area contributed by atoms with E-state index in [4.69, 9.17) is 11.6 Å². The number of phenols is 1. The molecule has 0 aliphatic carbocycles. The summed E-state index contributed by atoms with van der Waals surface area (Å²) in [5.74, 6) is 0.170. The van der Waals surface area contributed by atoms with Gasteiger partial charge in [0.1, 0.15) is 5.75 Å². The van der Waals surface area contributed by atoms with Crippen molar-refractivity contribution in [1.29, 1.82) is 0 Å². The molecule has 0 saturated carbocycles. The predicted molar refractivity (Wildman–Crippen MR) is 101 cm³/mol. The highest BCUT2D eigenvalue weighted by Gasteiger charge is 2.24. The van der Waals surface area contributed by atoms with Crippen LogP contribution in [0.15, 0.2) is 36.4 Å². The highest BCUT2D eigenvalue weighted by atomic mass is 35.5. The maximum atomic E-state index is 11.4. The van der Waals surface area contributed by atoms with E-state index in [0.29, 0.717) is 10.7 Å². The quantitative estimate of drug-likeness (QED) is 0.858. The Morgan fingerprint density at radius 2 is 1.92 bits per heavy atom. The molecule has 7 heteroatoms. The number of rotatable bonds is 3. The molecule has 25 heavy (non-hydrogen) atoms. The Balaban J connectivity index is 1.99. The van der Waals surface area contributed by atoms with Gasteiger partial charge in [0, 0.05) is 24.7 Å². The third kappa shape index (κ3) is 4.26. The van der Waals surface area contributed by atoms with E-state index in [2.05, 4.69) is 16.7 Å². The summed E-state index contributed by atoms with van der Waals surface area (Å²) in [6.07, 6.45) is 2.00. The molecule has 0 spiro atoms. The zero-order valence-corrected chi connectivity index (χ0v) is 15.7. The van der Waals surface area contributed by atoms with Crippen LogP contribution in [-0.2, 0) is 16.4 Å². The summed E-state index contributed by atoms with van der Waals surface area (Å²) in [6.45, 7) is 1.73. The summed E-state index contributed by atoms with van der Waals surface area (Å²) in [5.41, 5.74) is 3.80. The highest BCUT2D eigenvalue weighted by Crippen LogP contribution is 2.37. The maximum absolute atomic E-state index is 11.4. The second-order valence-electron chi connectivity index (χ2n) is 6.56. The van der Waals surface area contributed by atoms with E-state index in [0.717, 1.165) is 42.5 Å². The number of aromatic hydroxyl groups is 1. The van der Waals surface area contributed by atoms with E-state index in [1.807, 2.05) is 18.2 Å². The summed E-state index contributed by atoms with van der Waals surface area (Å²) < 4.78 is 25.2.